The summed E-state index contributed by atoms with van der Waals surface area (Å²) in [6.07, 6.45) is 5.03. The summed E-state index contributed by atoms with van der Waals surface area (Å²) in [4.78, 5) is 22.3. The first-order chi connectivity index (χ1) is 10.1. The van der Waals surface area contributed by atoms with E-state index in [4.69, 9.17) is 5.11 Å². The number of hydrazone groups is 1. The lowest BCUT2D eigenvalue weighted by molar-refractivity contribution is -0.684. The van der Waals surface area contributed by atoms with Crippen molar-refractivity contribution in [1.82, 2.24) is 5.43 Å². The number of nitrogens with zero attached hydrogens (tertiary/aromatic N) is 2. The Morgan fingerprint density at radius 3 is 2.36 bits per heavy atom. The van der Waals surface area contributed by atoms with Crippen molar-refractivity contribution in [1.29, 1.82) is 0 Å². The van der Waals surface area contributed by atoms with Crippen molar-refractivity contribution in [2.75, 3.05) is 0 Å². The monoisotopic (exact) mass is 319 g/mol. The number of aromatic carboxylic acids is 1. The molecule has 0 bridgehead atoms. The van der Waals surface area contributed by atoms with Crippen LogP contribution in [0.25, 0.3) is 0 Å². The van der Waals surface area contributed by atoms with Gasteiger partial charge in [-0.05, 0) is 17.7 Å². The smallest absolute Gasteiger partial charge is 0.335 e. The van der Waals surface area contributed by atoms with Crippen molar-refractivity contribution in [2.24, 2.45) is 5.10 Å². The van der Waals surface area contributed by atoms with Gasteiger partial charge < -0.3 is 17.5 Å². The number of halogens is 1. The van der Waals surface area contributed by atoms with Gasteiger partial charge in [-0.3, -0.25) is 4.79 Å². The molecule has 114 valence electrons. The van der Waals surface area contributed by atoms with Crippen LogP contribution in [0.15, 0.2) is 60.0 Å². The van der Waals surface area contributed by atoms with Crippen LogP contribution >= 0.6 is 0 Å². The molecule has 0 saturated carbocycles. The van der Waals surface area contributed by atoms with Gasteiger partial charge in [0.15, 0.2) is 12.4 Å². The lowest BCUT2D eigenvalue weighted by Crippen LogP contribution is -3.00. The van der Waals surface area contributed by atoms with Crippen LogP contribution in [0.1, 0.15) is 15.9 Å². The number of amides is 1. The Hall–Kier alpha value is -2.73. The van der Waals surface area contributed by atoms with E-state index in [1.165, 1.54) is 18.3 Å². The quantitative estimate of drug-likeness (QED) is 0.374. The van der Waals surface area contributed by atoms with Gasteiger partial charge in [0.05, 0.1) is 11.8 Å². The molecule has 0 saturated heterocycles. The predicted molar refractivity (Wildman–Crippen MR) is 75.8 cm³/mol. The van der Waals surface area contributed by atoms with Crippen molar-refractivity contribution in [3.63, 3.8) is 0 Å². The summed E-state index contributed by atoms with van der Waals surface area (Å²) in [5.41, 5.74) is 3.32. The van der Waals surface area contributed by atoms with E-state index in [0.717, 1.165) is 0 Å². The molecule has 0 fully saturated rings. The average Bonchev–Trinajstić information content (AvgIpc) is 2.49. The summed E-state index contributed by atoms with van der Waals surface area (Å²) < 4.78 is 1.73. The summed E-state index contributed by atoms with van der Waals surface area (Å²) in [5.74, 6) is -1.23. The first-order valence-corrected chi connectivity index (χ1v) is 6.24. The molecule has 0 atom stereocenters. The molecular formula is C15H14ClN3O3. The third-order valence-electron chi connectivity index (χ3n) is 2.66. The van der Waals surface area contributed by atoms with Crippen LogP contribution in [0.5, 0.6) is 0 Å². The Morgan fingerprint density at radius 2 is 1.77 bits per heavy atom. The Labute approximate surface area is 133 Å². The number of aromatic nitrogens is 1. The highest BCUT2D eigenvalue weighted by atomic mass is 35.5. The summed E-state index contributed by atoms with van der Waals surface area (Å²) in [6, 6.07) is 11.7. The molecule has 1 aromatic heterocycles. The van der Waals surface area contributed by atoms with Crippen LogP contribution in [0, 0.1) is 0 Å². The fourth-order valence-corrected chi connectivity index (χ4v) is 1.63. The molecule has 6 nitrogen and oxygen atoms in total. The first-order valence-electron chi connectivity index (χ1n) is 6.24. The molecule has 0 spiro atoms. The van der Waals surface area contributed by atoms with Crippen LogP contribution in [-0.2, 0) is 11.3 Å². The number of nitrogens with one attached hydrogen (secondary N) is 1. The van der Waals surface area contributed by atoms with Crippen molar-refractivity contribution in [2.45, 2.75) is 6.54 Å². The first kappa shape index (κ1) is 17.3. The zero-order chi connectivity index (χ0) is 15.1. The van der Waals surface area contributed by atoms with Crippen LogP contribution in [0.4, 0.5) is 0 Å². The second kappa shape index (κ2) is 8.53. The van der Waals surface area contributed by atoms with Crippen molar-refractivity contribution < 1.29 is 31.7 Å². The summed E-state index contributed by atoms with van der Waals surface area (Å²) in [6.45, 7) is 0.177. The molecule has 1 aromatic carbocycles. The summed E-state index contributed by atoms with van der Waals surface area (Å²) in [5, 5.41) is 12.6. The van der Waals surface area contributed by atoms with E-state index in [2.05, 4.69) is 10.5 Å². The molecule has 0 aliphatic rings. The van der Waals surface area contributed by atoms with Crippen LogP contribution < -0.4 is 22.4 Å². The number of rotatable bonds is 5. The zero-order valence-electron chi connectivity index (χ0n) is 11.5. The molecule has 0 aliphatic carbocycles. The third-order valence-corrected chi connectivity index (χ3v) is 2.66. The van der Waals surface area contributed by atoms with Crippen molar-refractivity contribution in [3.05, 3.63) is 66.0 Å². The molecule has 2 rings (SSSR count). The van der Waals surface area contributed by atoms with E-state index in [1.807, 2.05) is 18.2 Å². The Morgan fingerprint density at radius 1 is 1.14 bits per heavy atom. The Kier molecular flexibility index (Phi) is 6.72. The SMILES string of the molecule is O=C(C[n+]1ccccc1)N/N=C/c1ccc(C(=O)O)cc1.[Cl-]. The van der Waals surface area contributed by atoms with Gasteiger partial charge in [0, 0.05) is 12.1 Å². The summed E-state index contributed by atoms with van der Waals surface area (Å²) >= 11 is 0. The van der Waals surface area contributed by atoms with E-state index in [-0.39, 0.29) is 30.4 Å². The maximum Gasteiger partial charge on any atom is 0.335 e. The minimum absolute atomic E-state index is 0. The molecule has 0 radical (unpaired) electrons. The molecule has 0 aliphatic heterocycles. The molecule has 2 aromatic rings. The molecule has 7 heteroatoms. The van der Waals surface area contributed by atoms with E-state index in [0.29, 0.717) is 5.56 Å². The Balaban J connectivity index is 0.00000242. The van der Waals surface area contributed by atoms with Gasteiger partial charge in [0.1, 0.15) is 0 Å². The fourth-order valence-electron chi connectivity index (χ4n) is 1.63. The van der Waals surface area contributed by atoms with Crippen LogP contribution in [-0.4, -0.2) is 23.2 Å². The lowest BCUT2D eigenvalue weighted by Gasteiger charge is -1.97. The fraction of sp³-hybridized carbons (Fsp3) is 0.0667. The number of hydrogen-bond acceptors (Lipinski definition) is 3. The third kappa shape index (κ3) is 5.34. The number of benzene rings is 1. The van der Waals surface area contributed by atoms with Crippen LogP contribution in [0.3, 0.4) is 0 Å². The lowest BCUT2D eigenvalue weighted by atomic mass is 10.1. The molecule has 1 heterocycles. The standard InChI is InChI=1S/C15H13N3O3.ClH/c19-14(11-18-8-2-1-3-9-18)17-16-10-12-4-6-13(7-5-12)15(20)21;/h1-10H,11H2,(H-,17,19,20,21);1H/b16-10+;. The van der Waals surface area contributed by atoms with Crippen LogP contribution in [0.2, 0.25) is 0 Å². The minimum atomic E-state index is -0.980. The van der Waals surface area contributed by atoms with Gasteiger partial charge in [0.2, 0.25) is 6.54 Å². The maximum atomic E-state index is 11.6. The number of carbonyl (C=O) groups excluding carboxylic acids is 1. The molecule has 1 amide bonds. The van der Waals surface area contributed by atoms with E-state index < -0.39 is 5.97 Å². The van der Waals surface area contributed by atoms with Crippen molar-refractivity contribution in [3.8, 4) is 0 Å². The Bertz CT molecular complexity index is 657. The second-order valence-corrected chi connectivity index (χ2v) is 4.27. The van der Waals surface area contributed by atoms with Gasteiger partial charge in [-0.1, -0.05) is 18.2 Å². The van der Waals surface area contributed by atoms with Gasteiger partial charge in [-0.2, -0.15) is 9.67 Å². The zero-order valence-corrected chi connectivity index (χ0v) is 12.3. The van der Waals surface area contributed by atoms with Gasteiger partial charge in [-0.15, -0.1) is 0 Å². The number of carboxylic acid groups (broad SMARTS) is 1. The number of hydrogen-bond donors (Lipinski definition) is 2. The second-order valence-electron chi connectivity index (χ2n) is 4.27. The minimum Gasteiger partial charge on any atom is -1.00 e. The van der Waals surface area contributed by atoms with E-state index in [1.54, 1.807) is 29.1 Å². The van der Waals surface area contributed by atoms with Crippen molar-refractivity contribution >= 4 is 18.1 Å². The summed E-state index contributed by atoms with van der Waals surface area (Å²) in [7, 11) is 0. The molecular weight excluding hydrogens is 306 g/mol. The largest absolute Gasteiger partial charge is 1.00 e. The highest BCUT2D eigenvalue weighted by Crippen LogP contribution is 2.02. The molecule has 2 N–H and O–H groups in total. The van der Waals surface area contributed by atoms with Gasteiger partial charge in [0.25, 0.3) is 0 Å². The number of pyridine rings is 1. The highest BCUT2D eigenvalue weighted by molar-refractivity contribution is 5.89. The molecule has 0 unspecified atom stereocenters. The number of carboxylic acids is 1. The average molecular weight is 320 g/mol. The normalized spacial score (nSPS) is 10.0. The van der Waals surface area contributed by atoms with E-state index in [9.17, 15) is 9.59 Å². The number of carbonyl (C=O) groups is 2. The topological polar surface area (TPSA) is 82.6 Å². The maximum absolute atomic E-state index is 11.6. The predicted octanol–water partition coefficient (Wildman–Crippen LogP) is -2.17. The van der Waals surface area contributed by atoms with Gasteiger partial charge in [-0.25, -0.2) is 10.2 Å². The van der Waals surface area contributed by atoms with E-state index >= 15 is 0 Å². The highest BCUT2D eigenvalue weighted by Gasteiger charge is 2.06. The molecule has 22 heavy (non-hydrogen) atoms. The van der Waals surface area contributed by atoms with Gasteiger partial charge >= 0.3 is 11.9 Å².